The topological polar surface area (TPSA) is 12.9 Å². The summed E-state index contributed by atoms with van der Waals surface area (Å²) in [6, 6.07) is 5.72. The second-order valence-corrected chi connectivity index (χ2v) is 1.02. The summed E-state index contributed by atoms with van der Waals surface area (Å²) in [6.07, 6.45) is 3.50. The number of aromatic nitrogens is 1. The summed E-state index contributed by atoms with van der Waals surface area (Å²) in [4.78, 5) is 3.78. The van der Waals surface area contributed by atoms with Crippen LogP contribution < -0.4 is 0 Å². The Morgan fingerprint density at radius 1 is 0.900 bits per heavy atom. The average Bonchev–Trinajstić information content (AvgIpc) is 1.96. The Morgan fingerprint density at radius 3 is 1.40 bits per heavy atom. The molecule has 0 spiro atoms. The molecule has 0 aliphatic heterocycles. The van der Waals surface area contributed by atoms with Gasteiger partial charge < -0.3 is 14.9 Å². The van der Waals surface area contributed by atoms with E-state index >= 15 is 0 Å². The minimum Gasteiger partial charge on any atom is -0.265 e. The molecular formula is C7H11AuIN-2. The molecule has 0 aliphatic carbocycles. The number of hydrogen-bond acceptors (Lipinski definition) is 1. The van der Waals surface area contributed by atoms with Crippen LogP contribution in [-0.2, 0) is 17.3 Å². The van der Waals surface area contributed by atoms with Crippen LogP contribution in [0.25, 0.3) is 0 Å². The summed E-state index contributed by atoms with van der Waals surface area (Å²) < 4.78 is 0. The van der Waals surface area contributed by atoms with E-state index in [9.17, 15) is 0 Å². The van der Waals surface area contributed by atoms with Gasteiger partial charge in [-0.15, -0.1) is 0 Å². The van der Waals surface area contributed by atoms with Gasteiger partial charge in [0.15, 0.2) is 0 Å². The molecule has 10 heavy (non-hydrogen) atoms. The van der Waals surface area contributed by atoms with E-state index in [2.05, 4.69) is 41.3 Å². The predicted molar refractivity (Wildman–Crippen MR) is 51.1 cm³/mol. The molecule has 1 aromatic heterocycles. The van der Waals surface area contributed by atoms with Gasteiger partial charge in [-0.25, -0.2) is 0 Å². The molecule has 3 heteroatoms. The first-order valence-corrected chi connectivity index (χ1v) is 8.11. The van der Waals surface area contributed by atoms with Gasteiger partial charge >= 0.3 is 36.3 Å². The first-order chi connectivity index (χ1) is 4.00. The van der Waals surface area contributed by atoms with E-state index in [4.69, 9.17) is 0 Å². The Hall–Kier alpha value is 0.620. The zero-order valence-electron chi connectivity index (χ0n) is 6.01. The molecule has 0 aliphatic rings. The minimum absolute atomic E-state index is 0. The molecule has 0 aromatic carbocycles. The molecule has 0 unspecified atom stereocenters. The summed E-state index contributed by atoms with van der Waals surface area (Å²) in [5.41, 5.74) is 0. The quantitative estimate of drug-likeness (QED) is 0.349. The standard InChI is InChI=1S/C5H5N.2CH3.Au.HI/c1-2-4-6-5-3-1;;;;/h1-5H;2*1H3;;1H/q;2*-1;+1;/p-1. The predicted octanol–water partition coefficient (Wildman–Crippen LogP) is 2.87. The van der Waals surface area contributed by atoms with E-state index in [1.165, 1.54) is 0 Å². The summed E-state index contributed by atoms with van der Waals surface area (Å²) in [6.45, 7) is 0. The molecule has 1 nitrogen and oxygen atoms in total. The van der Waals surface area contributed by atoms with Gasteiger partial charge in [-0.3, -0.25) is 4.98 Å². The number of pyridine rings is 1. The summed E-state index contributed by atoms with van der Waals surface area (Å²) >= 11 is 4.34. The van der Waals surface area contributed by atoms with Crippen LogP contribution in [0.15, 0.2) is 30.6 Å². The number of rotatable bonds is 0. The monoisotopic (exact) mass is 433 g/mol. The Labute approximate surface area is 86.1 Å². The smallest absolute Gasteiger partial charge is 0.0267 e. The largest absolute Gasteiger partial charge is 0.265 e. The minimum atomic E-state index is 0. The third-order valence-corrected chi connectivity index (χ3v) is 0.566. The molecule has 0 saturated carbocycles. The van der Waals surface area contributed by atoms with Crippen molar-refractivity contribution in [3.63, 3.8) is 0 Å². The first-order valence-electron chi connectivity index (χ1n) is 1.96. The van der Waals surface area contributed by atoms with Gasteiger partial charge in [-0.1, -0.05) is 6.07 Å². The molecule has 0 amide bonds. The van der Waals surface area contributed by atoms with Gasteiger partial charge in [0, 0.05) is 12.4 Å². The van der Waals surface area contributed by atoms with Crippen LogP contribution in [0.4, 0.5) is 0 Å². The fourth-order valence-electron chi connectivity index (χ4n) is 0.313. The van der Waals surface area contributed by atoms with Crippen LogP contribution in [-0.4, -0.2) is 4.98 Å². The van der Waals surface area contributed by atoms with E-state index in [0.717, 1.165) is 0 Å². The van der Waals surface area contributed by atoms with Crippen LogP contribution >= 0.6 is 19.0 Å². The van der Waals surface area contributed by atoms with Gasteiger partial charge in [0.05, 0.1) is 0 Å². The van der Waals surface area contributed by atoms with Gasteiger partial charge in [0.25, 0.3) is 0 Å². The van der Waals surface area contributed by atoms with Crippen LogP contribution in [0, 0.1) is 14.9 Å². The molecular weight excluding hydrogens is 422 g/mol. The Balaban J connectivity index is -0.000000114. The molecule has 1 aromatic rings. The van der Waals surface area contributed by atoms with Gasteiger partial charge in [-0.2, -0.15) is 0 Å². The van der Waals surface area contributed by atoms with Crippen molar-refractivity contribution in [1.29, 1.82) is 0 Å². The maximum Gasteiger partial charge on any atom is 0.0267 e. The van der Waals surface area contributed by atoms with Crippen molar-refractivity contribution in [2.45, 2.75) is 0 Å². The third kappa shape index (κ3) is 11.4. The van der Waals surface area contributed by atoms with Crippen molar-refractivity contribution in [2.75, 3.05) is 0 Å². The van der Waals surface area contributed by atoms with Crippen molar-refractivity contribution in [3.05, 3.63) is 45.4 Å². The van der Waals surface area contributed by atoms with Crippen LogP contribution in [0.5, 0.6) is 0 Å². The fourth-order valence-corrected chi connectivity index (χ4v) is 0.313. The molecule has 0 fully saturated rings. The zero-order chi connectivity index (χ0) is 6.24. The molecule has 0 atom stereocenters. The average molecular weight is 433 g/mol. The maximum atomic E-state index is 3.78. The normalized spacial score (nSPS) is 5.50. The Kier molecular flexibility index (Phi) is 27.6. The van der Waals surface area contributed by atoms with Crippen molar-refractivity contribution < 1.29 is 17.3 Å². The van der Waals surface area contributed by atoms with E-state index in [-0.39, 0.29) is 14.9 Å². The van der Waals surface area contributed by atoms with E-state index in [0.29, 0.717) is 0 Å². The summed E-state index contributed by atoms with van der Waals surface area (Å²) in [5, 5.41) is 0. The second-order valence-electron chi connectivity index (χ2n) is 1.02. The van der Waals surface area contributed by atoms with Crippen molar-refractivity contribution in [1.82, 2.24) is 4.98 Å². The van der Waals surface area contributed by atoms with Crippen molar-refractivity contribution >= 4 is 19.0 Å². The van der Waals surface area contributed by atoms with Crippen LogP contribution in [0.1, 0.15) is 0 Å². The van der Waals surface area contributed by atoms with Gasteiger partial charge in [-0.05, 0) is 12.1 Å². The van der Waals surface area contributed by atoms with E-state index < -0.39 is 0 Å². The number of halogens is 1. The Bertz CT molecular complexity index is 85.5. The Morgan fingerprint density at radius 2 is 1.30 bits per heavy atom. The molecule has 1 heterocycles. The van der Waals surface area contributed by atoms with E-state index in [1.807, 2.05) is 18.2 Å². The van der Waals surface area contributed by atoms with Crippen LogP contribution in [0.3, 0.4) is 0 Å². The molecule has 0 saturated heterocycles. The second kappa shape index (κ2) is 16.3. The molecule has 64 valence electrons. The summed E-state index contributed by atoms with van der Waals surface area (Å²) in [5.74, 6) is 0. The van der Waals surface area contributed by atoms with Gasteiger partial charge in [0.1, 0.15) is 0 Å². The van der Waals surface area contributed by atoms with Gasteiger partial charge in [0.2, 0.25) is 0 Å². The zero-order valence-corrected chi connectivity index (χ0v) is 10.3. The van der Waals surface area contributed by atoms with E-state index in [1.54, 1.807) is 12.4 Å². The molecule has 0 N–H and O–H groups in total. The fraction of sp³-hybridized carbons (Fsp3) is 0. The molecule has 1 rings (SSSR count). The van der Waals surface area contributed by atoms with Crippen molar-refractivity contribution in [2.24, 2.45) is 0 Å². The van der Waals surface area contributed by atoms with Crippen LogP contribution in [0.2, 0.25) is 0 Å². The SMILES string of the molecule is [CH3-].[CH3-].[I][Au].c1ccncc1. The number of hydrogen-bond donors (Lipinski definition) is 0. The molecule has 0 radical (unpaired) electrons. The summed E-state index contributed by atoms with van der Waals surface area (Å²) in [7, 11) is 0. The first kappa shape index (κ1) is 16.9. The van der Waals surface area contributed by atoms with Crippen molar-refractivity contribution in [3.8, 4) is 0 Å². The number of nitrogens with zero attached hydrogens (tertiary/aromatic N) is 1. The molecule has 0 bridgehead atoms. The maximum absolute atomic E-state index is 3.78. The third-order valence-electron chi connectivity index (χ3n) is 0.566.